The number of aliphatic imine (C=N–C) groups is 1. The Morgan fingerprint density at radius 1 is 1.20 bits per heavy atom. The van der Waals surface area contributed by atoms with Gasteiger partial charge in [-0.15, -0.1) is 0 Å². The van der Waals surface area contributed by atoms with Crippen molar-refractivity contribution in [3.8, 4) is 5.75 Å². The maximum absolute atomic E-state index is 13.9. The van der Waals surface area contributed by atoms with Crippen molar-refractivity contribution in [3.63, 3.8) is 0 Å². The number of rotatable bonds is 5. The lowest BCUT2D eigenvalue weighted by Gasteiger charge is -2.36. The molecule has 0 amide bonds. The summed E-state index contributed by atoms with van der Waals surface area (Å²) in [7, 11) is 0. The molecule has 0 aliphatic carbocycles. The SMILES string of the molecule is CCNC(=NCCc1cc(F)cc2c1OCOC2)N1CCN(c2ncccn2)CC1. The van der Waals surface area contributed by atoms with Gasteiger partial charge in [-0.1, -0.05) is 0 Å². The van der Waals surface area contributed by atoms with Crippen molar-refractivity contribution in [2.45, 2.75) is 20.0 Å². The first-order chi connectivity index (χ1) is 14.7. The van der Waals surface area contributed by atoms with E-state index in [1.165, 1.54) is 12.1 Å². The second kappa shape index (κ2) is 9.71. The number of benzene rings is 1. The van der Waals surface area contributed by atoms with Crippen LogP contribution in [0.25, 0.3) is 0 Å². The number of nitrogens with one attached hydrogen (secondary N) is 1. The highest BCUT2D eigenvalue weighted by Crippen LogP contribution is 2.29. The van der Waals surface area contributed by atoms with Crippen LogP contribution in [0.2, 0.25) is 0 Å². The van der Waals surface area contributed by atoms with Crippen molar-refractivity contribution in [3.05, 3.63) is 47.5 Å². The van der Waals surface area contributed by atoms with Crippen LogP contribution in [0.15, 0.2) is 35.6 Å². The molecule has 0 bridgehead atoms. The largest absolute Gasteiger partial charge is 0.467 e. The lowest BCUT2D eigenvalue weighted by atomic mass is 10.1. The summed E-state index contributed by atoms with van der Waals surface area (Å²) in [5, 5.41) is 3.37. The Hall–Kier alpha value is -2.94. The maximum atomic E-state index is 13.9. The van der Waals surface area contributed by atoms with Crippen LogP contribution in [0, 0.1) is 5.82 Å². The summed E-state index contributed by atoms with van der Waals surface area (Å²) in [5.41, 5.74) is 1.59. The average molecular weight is 414 g/mol. The molecule has 2 aromatic rings. The fourth-order valence-electron chi connectivity index (χ4n) is 3.72. The van der Waals surface area contributed by atoms with Crippen LogP contribution in [-0.2, 0) is 17.8 Å². The molecular formula is C21H27FN6O2. The highest BCUT2D eigenvalue weighted by Gasteiger charge is 2.21. The third-order valence-electron chi connectivity index (χ3n) is 5.14. The normalized spacial score (nSPS) is 16.8. The van der Waals surface area contributed by atoms with Gasteiger partial charge in [-0.3, -0.25) is 4.99 Å². The molecule has 4 rings (SSSR count). The number of hydrogen-bond acceptors (Lipinski definition) is 6. The van der Waals surface area contributed by atoms with Crippen LogP contribution in [-0.4, -0.2) is 66.9 Å². The molecule has 2 aliphatic rings. The zero-order chi connectivity index (χ0) is 20.8. The number of halogens is 1. The molecule has 160 valence electrons. The van der Waals surface area contributed by atoms with Gasteiger partial charge in [0.1, 0.15) is 11.6 Å². The molecule has 8 nitrogen and oxygen atoms in total. The smallest absolute Gasteiger partial charge is 0.225 e. The average Bonchev–Trinajstić information content (AvgIpc) is 2.79. The maximum Gasteiger partial charge on any atom is 0.225 e. The highest BCUT2D eigenvalue weighted by atomic mass is 19.1. The molecule has 3 heterocycles. The van der Waals surface area contributed by atoms with Crippen LogP contribution in [0.3, 0.4) is 0 Å². The Labute approximate surface area is 175 Å². The number of hydrogen-bond donors (Lipinski definition) is 1. The Bertz CT molecular complexity index is 871. The van der Waals surface area contributed by atoms with Gasteiger partial charge in [-0.2, -0.15) is 0 Å². The number of nitrogens with zero attached hydrogens (tertiary/aromatic N) is 5. The van der Waals surface area contributed by atoms with Gasteiger partial charge in [0.2, 0.25) is 5.95 Å². The second-order valence-electron chi connectivity index (χ2n) is 7.17. The summed E-state index contributed by atoms with van der Waals surface area (Å²) in [5.74, 6) is 2.10. The van der Waals surface area contributed by atoms with E-state index in [0.717, 1.165) is 61.5 Å². The lowest BCUT2D eigenvalue weighted by molar-refractivity contribution is -0.0172. The number of piperazine rings is 1. The summed E-state index contributed by atoms with van der Waals surface area (Å²) in [6.07, 6.45) is 4.13. The molecule has 9 heteroatoms. The van der Waals surface area contributed by atoms with Gasteiger partial charge < -0.3 is 24.6 Å². The first-order valence-electron chi connectivity index (χ1n) is 10.3. The van der Waals surface area contributed by atoms with Gasteiger partial charge in [-0.05, 0) is 37.1 Å². The van der Waals surface area contributed by atoms with Gasteiger partial charge in [0.05, 0.1) is 6.61 Å². The Kier molecular flexibility index (Phi) is 6.58. The third-order valence-corrected chi connectivity index (χ3v) is 5.14. The predicted octanol–water partition coefficient (Wildman–Crippen LogP) is 1.81. The second-order valence-corrected chi connectivity index (χ2v) is 7.17. The van der Waals surface area contributed by atoms with Crippen molar-refractivity contribution in [1.82, 2.24) is 20.2 Å². The van der Waals surface area contributed by atoms with Crippen molar-refractivity contribution >= 4 is 11.9 Å². The number of aromatic nitrogens is 2. The standard InChI is InChI=1S/C21H27FN6O2/c1-2-23-20(27-8-10-28(11-9-27)21-24-5-3-6-25-21)26-7-4-16-12-18(22)13-17-14-29-15-30-19(16)17/h3,5-6,12-13H,2,4,7-11,14-15H2,1H3,(H,23,26). The highest BCUT2D eigenvalue weighted by molar-refractivity contribution is 5.80. The van der Waals surface area contributed by atoms with Crippen molar-refractivity contribution in [1.29, 1.82) is 0 Å². The quantitative estimate of drug-likeness (QED) is 0.591. The topological polar surface area (TPSA) is 75.1 Å². The number of guanidine groups is 1. The van der Waals surface area contributed by atoms with E-state index in [2.05, 4.69) is 32.0 Å². The van der Waals surface area contributed by atoms with Crippen molar-refractivity contribution < 1.29 is 13.9 Å². The molecule has 0 spiro atoms. The number of ether oxygens (including phenoxy) is 2. The van der Waals surface area contributed by atoms with E-state index in [0.29, 0.717) is 19.6 Å². The lowest BCUT2D eigenvalue weighted by Crippen LogP contribution is -2.53. The van der Waals surface area contributed by atoms with Crippen LogP contribution in [0.5, 0.6) is 5.75 Å². The number of anilines is 1. The number of fused-ring (bicyclic) bond motifs is 1. The monoisotopic (exact) mass is 414 g/mol. The van der Waals surface area contributed by atoms with E-state index >= 15 is 0 Å². The van der Waals surface area contributed by atoms with E-state index in [4.69, 9.17) is 14.5 Å². The van der Waals surface area contributed by atoms with Crippen molar-refractivity contribution in [2.75, 3.05) is 51.0 Å². The molecular weight excluding hydrogens is 387 g/mol. The summed E-state index contributed by atoms with van der Waals surface area (Å²) in [6, 6.07) is 4.83. The van der Waals surface area contributed by atoms with Crippen LogP contribution in [0.4, 0.5) is 10.3 Å². The summed E-state index contributed by atoms with van der Waals surface area (Å²) >= 11 is 0. The molecule has 1 fully saturated rings. The Balaban J connectivity index is 1.39. The van der Waals surface area contributed by atoms with E-state index in [1.807, 2.05) is 6.07 Å². The van der Waals surface area contributed by atoms with Gasteiger partial charge in [0, 0.05) is 57.2 Å². The van der Waals surface area contributed by atoms with Gasteiger partial charge >= 0.3 is 0 Å². The molecule has 30 heavy (non-hydrogen) atoms. The van der Waals surface area contributed by atoms with Crippen LogP contribution < -0.4 is 15.0 Å². The Morgan fingerprint density at radius 2 is 2.00 bits per heavy atom. The van der Waals surface area contributed by atoms with Crippen LogP contribution >= 0.6 is 0 Å². The minimum absolute atomic E-state index is 0.201. The molecule has 2 aliphatic heterocycles. The molecule has 1 aromatic carbocycles. The first kappa shape index (κ1) is 20.3. The molecule has 0 radical (unpaired) electrons. The summed E-state index contributed by atoms with van der Waals surface area (Å²) < 4.78 is 24.8. The molecule has 1 saturated heterocycles. The Morgan fingerprint density at radius 3 is 2.77 bits per heavy atom. The van der Waals surface area contributed by atoms with Gasteiger partial charge in [0.15, 0.2) is 12.8 Å². The summed E-state index contributed by atoms with van der Waals surface area (Å²) in [4.78, 5) is 17.9. The first-order valence-corrected chi connectivity index (χ1v) is 10.3. The van der Waals surface area contributed by atoms with E-state index in [-0.39, 0.29) is 12.6 Å². The molecule has 0 atom stereocenters. The van der Waals surface area contributed by atoms with Gasteiger partial charge in [0.25, 0.3) is 0 Å². The van der Waals surface area contributed by atoms with E-state index in [9.17, 15) is 4.39 Å². The minimum Gasteiger partial charge on any atom is -0.467 e. The third kappa shape index (κ3) is 4.79. The predicted molar refractivity (Wildman–Crippen MR) is 112 cm³/mol. The van der Waals surface area contributed by atoms with E-state index < -0.39 is 0 Å². The molecule has 0 saturated carbocycles. The van der Waals surface area contributed by atoms with Crippen molar-refractivity contribution in [2.24, 2.45) is 4.99 Å². The minimum atomic E-state index is -0.270. The zero-order valence-electron chi connectivity index (χ0n) is 17.2. The van der Waals surface area contributed by atoms with Gasteiger partial charge in [-0.25, -0.2) is 14.4 Å². The fourth-order valence-corrected chi connectivity index (χ4v) is 3.72. The zero-order valence-corrected chi connectivity index (χ0v) is 17.2. The fraction of sp³-hybridized carbons (Fsp3) is 0.476. The molecule has 1 N–H and O–H groups in total. The molecule has 1 aromatic heterocycles. The summed E-state index contributed by atoms with van der Waals surface area (Å²) in [6.45, 7) is 7.30. The van der Waals surface area contributed by atoms with E-state index in [1.54, 1.807) is 12.4 Å². The van der Waals surface area contributed by atoms with Crippen LogP contribution in [0.1, 0.15) is 18.1 Å². The molecule has 0 unspecified atom stereocenters.